The molecule has 0 N–H and O–H groups in total. The number of carbonyl (C=O) groups is 3. The van der Waals surface area contributed by atoms with Crippen LogP contribution in [0.1, 0.15) is 201 Å². The maximum absolute atomic E-state index is 12.5. The van der Waals surface area contributed by atoms with E-state index in [1.165, 1.54) is 38.5 Å². The summed E-state index contributed by atoms with van der Waals surface area (Å²) in [4.78, 5) is 37.3. The molecule has 0 aromatic heterocycles. The highest BCUT2D eigenvalue weighted by Crippen LogP contribution is 2.12. The van der Waals surface area contributed by atoms with Gasteiger partial charge in [-0.15, -0.1) is 0 Å². The lowest BCUT2D eigenvalue weighted by Gasteiger charge is -2.18. The van der Waals surface area contributed by atoms with E-state index in [1.807, 2.05) is 0 Å². The molecule has 6 nitrogen and oxygen atoms in total. The Labute approximate surface area is 374 Å². The summed E-state index contributed by atoms with van der Waals surface area (Å²) in [6.45, 7) is 6.34. The zero-order valence-electron chi connectivity index (χ0n) is 39.1. The molecule has 61 heavy (non-hydrogen) atoms. The topological polar surface area (TPSA) is 78.9 Å². The highest BCUT2D eigenvalue weighted by molar-refractivity contribution is 5.71. The monoisotopic (exact) mass is 845 g/mol. The van der Waals surface area contributed by atoms with Gasteiger partial charge in [-0.25, -0.2) is 0 Å². The third-order valence-corrected chi connectivity index (χ3v) is 9.79. The predicted octanol–water partition coefficient (Wildman–Crippen LogP) is 16.0. The summed E-state index contributed by atoms with van der Waals surface area (Å²) in [5.74, 6) is -0.955. The smallest absolute Gasteiger partial charge is 0.306 e. The molecule has 6 heteroatoms. The molecule has 0 aliphatic carbocycles. The maximum Gasteiger partial charge on any atom is 0.306 e. The number of allylic oxidation sites excluding steroid dienone is 18. The largest absolute Gasteiger partial charge is 0.462 e. The van der Waals surface area contributed by atoms with Gasteiger partial charge < -0.3 is 14.2 Å². The van der Waals surface area contributed by atoms with Crippen molar-refractivity contribution in [2.45, 2.75) is 207 Å². The highest BCUT2D eigenvalue weighted by atomic mass is 16.6. The van der Waals surface area contributed by atoms with Crippen LogP contribution in [0.3, 0.4) is 0 Å². The summed E-state index contributed by atoms with van der Waals surface area (Å²) in [5.41, 5.74) is 0. The summed E-state index contributed by atoms with van der Waals surface area (Å²) in [7, 11) is 0. The van der Waals surface area contributed by atoms with Crippen LogP contribution in [-0.4, -0.2) is 37.2 Å². The number of hydrogen-bond acceptors (Lipinski definition) is 6. The van der Waals surface area contributed by atoms with Crippen LogP contribution in [0.5, 0.6) is 0 Å². The van der Waals surface area contributed by atoms with Gasteiger partial charge in [0.05, 0.1) is 0 Å². The Kier molecular flexibility index (Phi) is 45.6. The van der Waals surface area contributed by atoms with Crippen molar-refractivity contribution in [2.24, 2.45) is 0 Å². The third-order valence-electron chi connectivity index (χ3n) is 9.79. The van der Waals surface area contributed by atoms with Crippen LogP contribution in [0.2, 0.25) is 0 Å². The van der Waals surface area contributed by atoms with Gasteiger partial charge in [-0.1, -0.05) is 201 Å². The summed E-state index contributed by atoms with van der Waals surface area (Å²) < 4.78 is 16.5. The lowest BCUT2D eigenvalue weighted by atomic mass is 10.1. The van der Waals surface area contributed by atoms with E-state index in [-0.39, 0.29) is 31.1 Å². The first-order valence-electron chi connectivity index (χ1n) is 24.4. The first-order chi connectivity index (χ1) is 30.0. The van der Waals surface area contributed by atoms with Gasteiger partial charge in [0.2, 0.25) is 0 Å². The van der Waals surface area contributed by atoms with Crippen LogP contribution < -0.4 is 0 Å². The zero-order chi connectivity index (χ0) is 44.4. The van der Waals surface area contributed by atoms with Crippen molar-refractivity contribution in [3.05, 3.63) is 109 Å². The highest BCUT2D eigenvalue weighted by Gasteiger charge is 2.19. The van der Waals surface area contributed by atoms with Crippen molar-refractivity contribution in [1.29, 1.82) is 0 Å². The second-order valence-corrected chi connectivity index (χ2v) is 15.6. The molecule has 0 saturated heterocycles. The number of esters is 3. The van der Waals surface area contributed by atoms with Crippen LogP contribution in [-0.2, 0) is 28.6 Å². The van der Waals surface area contributed by atoms with Crippen molar-refractivity contribution in [1.82, 2.24) is 0 Å². The molecule has 0 saturated carbocycles. The van der Waals surface area contributed by atoms with Crippen molar-refractivity contribution in [3.63, 3.8) is 0 Å². The fourth-order valence-electron chi connectivity index (χ4n) is 6.14. The van der Waals surface area contributed by atoms with Crippen LogP contribution >= 0.6 is 0 Å². The Morgan fingerprint density at radius 3 is 1.00 bits per heavy atom. The Morgan fingerprint density at radius 2 is 0.639 bits per heavy atom. The van der Waals surface area contributed by atoms with E-state index in [9.17, 15) is 14.4 Å². The molecular formula is C55H88O6. The van der Waals surface area contributed by atoms with Gasteiger partial charge in [-0.2, -0.15) is 0 Å². The Hall–Kier alpha value is -3.93. The summed E-state index contributed by atoms with van der Waals surface area (Å²) in [5, 5.41) is 0. The SMILES string of the molecule is CC/C=C\C/C=C\C/C=C\C/C=C\C/C=C\C/C=C\C/C=C\C/C=C\C/C=C\CCCCCC(=O)OCC(COC(=O)CCCCCCCC)OC(=O)CCCCCCCC. The quantitative estimate of drug-likeness (QED) is 0.0264. The lowest BCUT2D eigenvalue weighted by molar-refractivity contribution is -0.167. The van der Waals surface area contributed by atoms with Gasteiger partial charge in [-0.3, -0.25) is 14.4 Å². The van der Waals surface area contributed by atoms with Crippen LogP contribution in [0.15, 0.2) is 109 Å². The molecule has 0 aromatic carbocycles. The van der Waals surface area contributed by atoms with Crippen LogP contribution in [0.25, 0.3) is 0 Å². The Morgan fingerprint density at radius 1 is 0.344 bits per heavy atom. The van der Waals surface area contributed by atoms with Crippen molar-refractivity contribution in [2.75, 3.05) is 13.2 Å². The lowest BCUT2D eigenvalue weighted by Crippen LogP contribution is -2.30. The fourth-order valence-corrected chi connectivity index (χ4v) is 6.14. The summed E-state index contributed by atoms with van der Waals surface area (Å²) in [6.07, 6.45) is 65.6. The zero-order valence-corrected chi connectivity index (χ0v) is 39.1. The maximum atomic E-state index is 12.5. The molecular weight excluding hydrogens is 757 g/mol. The molecule has 344 valence electrons. The number of rotatable bonds is 42. The average molecular weight is 845 g/mol. The Bertz CT molecular complexity index is 1290. The molecule has 1 atom stereocenters. The molecule has 0 heterocycles. The van der Waals surface area contributed by atoms with Crippen LogP contribution in [0.4, 0.5) is 0 Å². The van der Waals surface area contributed by atoms with Gasteiger partial charge in [-0.05, 0) is 89.9 Å². The van der Waals surface area contributed by atoms with Gasteiger partial charge in [0, 0.05) is 19.3 Å². The van der Waals surface area contributed by atoms with E-state index in [1.54, 1.807) is 0 Å². The standard InChI is InChI=1S/C55H88O6/c1-4-7-10-13-16-17-18-19-20-21-22-23-24-25-26-27-28-29-30-31-32-33-34-35-36-37-38-39-40-43-45-48-54(57)60-51-52(61-55(58)49-46-42-15-12-9-6-3)50-59-53(56)47-44-41-14-11-8-5-2/h7,10,16-17,19-20,22-23,25-26,28-29,31-32,34-35,37-38,52H,4-6,8-9,11-15,18,21,24,27,30,33,36,39-51H2,1-3H3/b10-7-,17-16-,20-19-,23-22-,26-25-,29-28-,32-31-,35-34-,38-37-. The molecule has 0 bridgehead atoms. The second kappa shape index (κ2) is 48.7. The number of unbranched alkanes of at least 4 members (excludes halogenated alkanes) is 13. The minimum atomic E-state index is -0.784. The molecule has 0 spiro atoms. The van der Waals surface area contributed by atoms with E-state index < -0.39 is 6.10 Å². The first kappa shape index (κ1) is 57.1. The third kappa shape index (κ3) is 47.0. The van der Waals surface area contributed by atoms with Gasteiger partial charge in [0.1, 0.15) is 13.2 Å². The first-order valence-corrected chi connectivity index (χ1v) is 24.4. The predicted molar refractivity (Wildman–Crippen MR) is 260 cm³/mol. The van der Waals surface area contributed by atoms with Gasteiger partial charge in [0.25, 0.3) is 0 Å². The molecule has 0 radical (unpaired) electrons. The molecule has 0 rings (SSSR count). The number of carbonyl (C=O) groups excluding carboxylic acids is 3. The molecule has 0 fully saturated rings. The fraction of sp³-hybridized carbons (Fsp3) is 0.618. The van der Waals surface area contributed by atoms with Crippen molar-refractivity contribution >= 4 is 17.9 Å². The van der Waals surface area contributed by atoms with E-state index in [0.717, 1.165) is 122 Å². The average Bonchev–Trinajstić information content (AvgIpc) is 3.26. The van der Waals surface area contributed by atoms with E-state index in [4.69, 9.17) is 14.2 Å². The normalized spacial score (nSPS) is 13.0. The summed E-state index contributed by atoms with van der Waals surface area (Å²) >= 11 is 0. The van der Waals surface area contributed by atoms with Crippen LogP contribution in [0, 0.1) is 0 Å². The second-order valence-electron chi connectivity index (χ2n) is 15.6. The molecule has 0 amide bonds. The molecule has 0 aliphatic rings. The van der Waals surface area contributed by atoms with E-state index >= 15 is 0 Å². The van der Waals surface area contributed by atoms with E-state index in [0.29, 0.717) is 19.3 Å². The summed E-state index contributed by atoms with van der Waals surface area (Å²) in [6, 6.07) is 0. The Balaban J connectivity index is 4.10. The number of ether oxygens (including phenoxy) is 3. The molecule has 0 aliphatic heterocycles. The number of hydrogen-bond donors (Lipinski definition) is 0. The molecule has 1 unspecified atom stereocenters. The minimum Gasteiger partial charge on any atom is -0.462 e. The van der Waals surface area contributed by atoms with Crippen molar-refractivity contribution < 1.29 is 28.6 Å². The minimum absolute atomic E-state index is 0.0898. The van der Waals surface area contributed by atoms with Gasteiger partial charge >= 0.3 is 17.9 Å². The van der Waals surface area contributed by atoms with Crippen molar-refractivity contribution in [3.8, 4) is 0 Å². The van der Waals surface area contributed by atoms with E-state index in [2.05, 4.69) is 130 Å². The van der Waals surface area contributed by atoms with Gasteiger partial charge in [0.15, 0.2) is 6.10 Å². The molecule has 0 aromatic rings.